The maximum atomic E-state index is 12.8. The Morgan fingerprint density at radius 3 is 2.64 bits per heavy atom. The predicted molar refractivity (Wildman–Crippen MR) is 93.8 cm³/mol. The highest BCUT2D eigenvalue weighted by Gasteiger charge is 2.32. The number of likely N-dealkylation sites (tertiary alicyclic amines) is 1. The highest BCUT2D eigenvalue weighted by molar-refractivity contribution is 6.03. The van der Waals surface area contributed by atoms with Gasteiger partial charge in [-0.15, -0.1) is 0 Å². The zero-order valence-electron chi connectivity index (χ0n) is 13.8. The number of nitro groups is 1. The van der Waals surface area contributed by atoms with E-state index in [0.29, 0.717) is 13.1 Å². The molecule has 0 bridgehead atoms. The summed E-state index contributed by atoms with van der Waals surface area (Å²) in [7, 11) is 1.61. The molecule has 1 saturated heterocycles. The lowest BCUT2D eigenvalue weighted by Gasteiger charge is -2.18. The number of hydrogen-bond donors (Lipinski definition) is 1. The summed E-state index contributed by atoms with van der Waals surface area (Å²) in [4.78, 5) is 25.1. The number of nitrogens with zero attached hydrogens (tertiary/aromatic N) is 2. The monoisotopic (exact) mass is 341 g/mol. The number of anilines is 1. The summed E-state index contributed by atoms with van der Waals surface area (Å²) in [5.41, 5.74) is 6.81. The van der Waals surface area contributed by atoms with Crippen LogP contribution in [0.3, 0.4) is 0 Å². The molecule has 130 valence electrons. The molecule has 1 heterocycles. The SMILES string of the molecule is COc1ccc([C@H]2CCN(C(=O)c3c(N)cccc3[N+](=O)[O-])C2)cc1. The quantitative estimate of drug-likeness (QED) is 0.524. The number of amides is 1. The number of nitro benzene ring substituents is 1. The van der Waals surface area contributed by atoms with E-state index < -0.39 is 4.92 Å². The molecule has 2 aromatic rings. The van der Waals surface area contributed by atoms with Gasteiger partial charge in [-0.1, -0.05) is 18.2 Å². The number of rotatable bonds is 4. The van der Waals surface area contributed by atoms with E-state index in [1.165, 1.54) is 18.2 Å². The van der Waals surface area contributed by atoms with E-state index in [0.717, 1.165) is 17.7 Å². The lowest BCUT2D eigenvalue weighted by Crippen LogP contribution is -2.29. The van der Waals surface area contributed by atoms with E-state index in [1.807, 2.05) is 24.3 Å². The van der Waals surface area contributed by atoms with Crippen LogP contribution in [0.4, 0.5) is 11.4 Å². The van der Waals surface area contributed by atoms with Crippen LogP contribution in [0.2, 0.25) is 0 Å². The largest absolute Gasteiger partial charge is 0.497 e. The van der Waals surface area contributed by atoms with Crippen molar-refractivity contribution < 1.29 is 14.5 Å². The maximum absolute atomic E-state index is 12.8. The lowest BCUT2D eigenvalue weighted by molar-refractivity contribution is -0.385. The maximum Gasteiger partial charge on any atom is 0.284 e. The molecule has 0 radical (unpaired) electrons. The smallest absolute Gasteiger partial charge is 0.284 e. The molecule has 0 spiro atoms. The first-order valence-corrected chi connectivity index (χ1v) is 7.97. The fraction of sp³-hybridized carbons (Fsp3) is 0.278. The van der Waals surface area contributed by atoms with Gasteiger partial charge in [0.25, 0.3) is 11.6 Å². The Labute approximate surface area is 145 Å². The Kier molecular flexibility index (Phi) is 4.56. The van der Waals surface area contributed by atoms with Gasteiger partial charge in [0.15, 0.2) is 0 Å². The van der Waals surface area contributed by atoms with Crippen molar-refractivity contribution in [1.29, 1.82) is 0 Å². The first kappa shape index (κ1) is 16.8. The first-order valence-electron chi connectivity index (χ1n) is 7.97. The Balaban J connectivity index is 1.80. The van der Waals surface area contributed by atoms with Crippen LogP contribution in [0.25, 0.3) is 0 Å². The molecule has 3 rings (SSSR count). The molecular formula is C18H19N3O4. The minimum absolute atomic E-state index is 0.0251. The van der Waals surface area contributed by atoms with Gasteiger partial charge < -0.3 is 15.4 Å². The topological polar surface area (TPSA) is 98.7 Å². The van der Waals surface area contributed by atoms with Gasteiger partial charge in [0.2, 0.25) is 0 Å². The molecular weight excluding hydrogens is 322 g/mol. The summed E-state index contributed by atoms with van der Waals surface area (Å²) in [5, 5.41) is 11.2. The number of ether oxygens (including phenoxy) is 1. The van der Waals surface area contributed by atoms with Crippen molar-refractivity contribution >= 4 is 17.3 Å². The molecule has 0 aliphatic carbocycles. The van der Waals surface area contributed by atoms with Crippen molar-refractivity contribution in [2.45, 2.75) is 12.3 Å². The van der Waals surface area contributed by atoms with E-state index in [9.17, 15) is 14.9 Å². The zero-order chi connectivity index (χ0) is 18.0. The van der Waals surface area contributed by atoms with Gasteiger partial charge in [0.05, 0.1) is 17.7 Å². The van der Waals surface area contributed by atoms with Gasteiger partial charge in [-0.2, -0.15) is 0 Å². The van der Waals surface area contributed by atoms with Gasteiger partial charge in [-0.05, 0) is 30.2 Å². The number of carbonyl (C=O) groups is 1. The van der Waals surface area contributed by atoms with E-state index in [2.05, 4.69) is 0 Å². The Morgan fingerprint density at radius 1 is 1.28 bits per heavy atom. The number of hydrogen-bond acceptors (Lipinski definition) is 5. The van der Waals surface area contributed by atoms with Crippen molar-refractivity contribution in [2.24, 2.45) is 0 Å². The normalized spacial score (nSPS) is 16.7. The number of carbonyl (C=O) groups excluding carboxylic acids is 1. The summed E-state index contributed by atoms with van der Waals surface area (Å²) < 4.78 is 5.16. The van der Waals surface area contributed by atoms with Gasteiger partial charge in [-0.3, -0.25) is 14.9 Å². The lowest BCUT2D eigenvalue weighted by atomic mass is 9.98. The molecule has 25 heavy (non-hydrogen) atoms. The minimum Gasteiger partial charge on any atom is -0.497 e. The number of nitrogens with two attached hydrogens (primary N) is 1. The molecule has 2 N–H and O–H groups in total. The third-order valence-electron chi connectivity index (χ3n) is 4.55. The van der Waals surface area contributed by atoms with Gasteiger partial charge in [0.1, 0.15) is 11.3 Å². The van der Waals surface area contributed by atoms with Crippen LogP contribution >= 0.6 is 0 Å². The van der Waals surface area contributed by atoms with Gasteiger partial charge >= 0.3 is 0 Å². The van der Waals surface area contributed by atoms with Crippen LogP contribution in [0.5, 0.6) is 5.75 Å². The Bertz CT molecular complexity index is 804. The number of methoxy groups -OCH3 is 1. The molecule has 1 aliphatic rings. The zero-order valence-corrected chi connectivity index (χ0v) is 13.8. The molecule has 1 amide bonds. The van der Waals surface area contributed by atoms with Crippen LogP contribution in [0.1, 0.15) is 28.3 Å². The average molecular weight is 341 g/mol. The molecule has 7 nitrogen and oxygen atoms in total. The van der Waals surface area contributed by atoms with Crippen molar-refractivity contribution in [3.8, 4) is 5.75 Å². The van der Waals surface area contributed by atoms with Crippen LogP contribution in [0.15, 0.2) is 42.5 Å². The summed E-state index contributed by atoms with van der Waals surface area (Å²) in [6, 6.07) is 12.0. The molecule has 1 aliphatic heterocycles. The second-order valence-electron chi connectivity index (χ2n) is 6.01. The summed E-state index contributed by atoms with van der Waals surface area (Å²) in [6.45, 7) is 1.05. The van der Waals surface area contributed by atoms with Crippen LogP contribution in [-0.4, -0.2) is 35.9 Å². The van der Waals surface area contributed by atoms with E-state index in [1.54, 1.807) is 12.0 Å². The van der Waals surface area contributed by atoms with E-state index in [-0.39, 0.29) is 28.8 Å². The highest BCUT2D eigenvalue weighted by atomic mass is 16.6. The van der Waals surface area contributed by atoms with E-state index >= 15 is 0 Å². The van der Waals surface area contributed by atoms with Crippen LogP contribution in [-0.2, 0) is 0 Å². The first-order chi connectivity index (χ1) is 12.0. The van der Waals surface area contributed by atoms with Crippen molar-refractivity contribution in [1.82, 2.24) is 4.90 Å². The van der Waals surface area contributed by atoms with Gasteiger partial charge in [-0.25, -0.2) is 0 Å². The van der Waals surface area contributed by atoms with Crippen molar-refractivity contribution in [3.05, 3.63) is 63.7 Å². The number of benzene rings is 2. The highest BCUT2D eigenvalue weighted by Crippen LogP contribution is 2.32. The second kappa shape index (κ2) is 6.80. The standard InChI is InChI=1S/C18H19N3O4/c1-25-14-7-5-12(6-8-14)13-9-10-20(11-13)18(22)17-15(19)3-2-4-16(17)21(23)24/h2-8,13H,9-11,19H2,1H3/t13-/m0/s1. The fourth-order valence-electron chi connectivity index (χ4n) is 3.19. The minimum atomic E-state index is -0.569. The van der Waals surface area contributed by atoms with Crippen LogP contribution in [0, 0.1) is 10.1 Å². The molecule has 1 atom stereocenters. The molecule has 2 aromatic carbocycles. The van der Waals surface area contributed by atoms with Gasteiger partial charge in [0, 0.05) is 25.1 Å². The summed E-state index contributed by atoms with van der Waals surface area (Å²) >= 11 is 0. The van der Waals surface area contributed by atoms with E-state index in [4.69, 9.17) is 10.5 Å². The Hall–Kier alpha value is -3.09. The molecule has 0 aromatic heterocycles. The molecule has 7 heteroatoms. The molecule has 0 unspecified atom stereocenters. The third-order valence-corrected chi connectivity index (χ3v) is 4.55. The second-order valence-corrected chi connectivity index (χ2v) is 6.01. The fourth-order valence-corrected chi connectivity index (χ4v) is 3.19. The summed E-state index contributed by atoms with van der Waals surface area (Å²) in [5.74, 6) is 0.585. The van der Waals surface area contributed by atoms with Crippen LogP contribution < -0.4 is 10.5 Å². The third kappa shape index (κ3) is 3.26. The number of nitrogen functional groups attached to an aromatic ring is 1. The van der Waals surface area contributed by atoms with Crippen molar-refractivity contribution in [2.75, 3.05) is 25.9 Å². The molecule has 0 saturated carbocycles. The van der Waals surface area contributed by atoms with Crippen molar-refractivity contribution in [3.63, 3.8) is 0 Å². The predicted octanol–water partition coefficient (Wildman–Crippen LogP) is 2.82. The molecule has 1 fully saturated rings. The summed E-state index contributed by atoms with van der Waals surface area (Å²) in [6.07, 6.45) is 0.804. The average Bonchev–Trinajstić information content (AvgIpc) is 3.11. The Morgan fingerprint density at radius 2 is 2.00 bits per heavy atom.